The molecule has 0 atom stereocenters. The fraction of sp³-hybridized carbons (Fsp3) is 0.333. The van der Waals surface area contributed by atoms with Crippen molar-refractivity contribution >= 4 is 0 Å². The maximum Gasteiger partial charge on any atom is 0.0735 e. The molecule has 98 valence electrons. The molecule has 2 N–H and O–H groups in total. The summed E-state index contributed by atoms with van der Waals surface area (Å²) in [7, 11) is 0. The Labute approximate surface area is 110 Å². The van der Waals surface area contributed by atoms with E-state index in [1.165, 1.54) is 11.1 Å². The molecule has 0 aliphatic rings. The van der Waals surface area contributed by atoms with Crippen LogP contribution < -0.4 is 5.32 Å². The molecule has 2 rings (SSSR count). The number of nitrogens with zero attached hydrogens (tertiary/aromatic N) is 5. The monoisotopic (exact) mass is 257 g/mol. The zero-order valence-electron chi connectivity index (χ0n) is 10.5. The van der Waals surface area contributed by atoms with Gasteiger partial charge in [0.2, 0.25) is 0 Å². The number of hydrogen-bond acceptors (Lipinski definition) is 4. The van der Waals surface area contributed by atoms with E-state index in [0.29, 0.717) is 13.1 Å². The molecule has 19 heavy (non-hydrogen) atoms. The molecule has 1 aromatic heterocycles. The SMILES string of the molecule is [N-]=[N+]=NCCc1ccc(CNCc2cnn[nH]2)cc1. The van der Waals surface area contributed by atoms with E-state index >= 15 is 0 Å². The average Bonchev–Trinajstić information content (AvgIpc) is 2.94. The molecule has 0 saturated heterocycles. The van der Waals surface area contributed by atoms with Crippen LogP contribution in [0.15, 0.2) is 35.6 Å². The molecule has 0 fully saturated rings. The van der Waals surface area contributed by atoms with E-state index < -0.39 is 0 Å². The highest BCUT2D eigenvalue weighted by atomic mass is 15.3. The molecule has 7 heteroatoms. The lowest BCUT2D eigenvalue weighted by Crippen LogP contribution is -2.12. The van der Waals surface area contributed by atoms with Crippen molar-refractivity contribution in [3.8, 4) is 0 Å². The fourth-order valence-electron chi connectivity index (χ4n) is 1.69. The van der Waals surface area contributed by atoms with Crippen molar-refractivity contribution in [1.29, 1.82) is 0 Å². The van der Waals surface area contributed by atoms with Crippen molar-refractivity contribution in [2.75, 3.05) is 6.54 Å². The Morgan fingerprint density at radius 1 is 1.21 bits per heavy atom. The third kappa shape index (κ3) is 4.42. The number of azide groups is 1. The lowest BCUT2D eigenvalue weighted by Gasteiger charge is -2.04. The Morgan fingerprint density at radius 2 is 2.00 bits per heavy atom. The van der Waals surface area contributed by atoms with Crippen molar-refractivity contribution < 1.29 is 0 Å². The first kappa shape index (κ1) is 13.1. The predicted octanol–water partition coefficient (Wildman–Crippen LogP) is 1.95. The Kier molecular flexibility index (Phi) is 4.92. The van der Waals surface area contributed by atoms with Crippen LogP contribution in [0.4, 0.5) is 0 Å². The zero-order valence-corrected chi connectivity index (χ0v) is 10.5. The van der Waals surface area contributed by atoms with E-state index in [1.54, 1.807) is 6.20 Å². The van der Waals surface area contributed by atoms with Crippen LogP contribution in [0, 0.1) is 0 Å². The molecule has 7 nitrogen and oxygen atoms in total. The zero-order chi connectivity index (χ0) is 13.3. The van der Waals surface area contributed by atoms with Gasteiger partial charge >= 0.3 is 0 Å². The number of nitrogens with one attached hydrogen (secondary N) is 2. The van der Waals surface area contributed by atoms with Gasteiger partial charge in [-0.25, -0.2) is 0 Å². The van der Waals surface area contributed by atoms with Crippen molar-refractivity contribution in [1.82, 2.24) is 20.7 Å². The molecule has 0 saturated carbocycles. The van der Waals surface area contributed by atoms with E-state index in [1.807, 2.05) is 0 Å². The van der Waals surface area contributed by atoms with Gasteiger partial charge in [0.1, 0.15) is 0 Å². The molecule has 0 aliphatic heterocycles. The minimum Gasteiger partial charge on any atom is -0.307 e. The maximum atomic E-state index is 8.20. The standard InChI is InChI=1S/C12H15N7/c13-18-15-6-5-10-1-3-11(4-2-10)7-14-8-12-9-16-19-17-12/h1-4,9,14H,5-8H2,(H,16,17,19). The van der Waals surface area contributed by atoms with Gasteiger partial charge < -0.3 is 5.32 Å². The van der Waals surface area contributed by atoms with Crippen LogP contribution in [-0.4, -0.2) is 22.0 Å². The lowest BCUT2D eigenvalue weighted by molar-refractivity contribution is 0.677. The number of aromatic nitrogens is 3. The normalized spacial score (nSPS) is 10.1. The van der Waals surface area contributed by atoms with E-state index in [9.17, 15) is 0 Å². The lowest BCUT2D eigenvalue weighted by atomic mass is 10.1. The Morgan fingerprint density at radius 3 is 2.68 bits per heavy atom. The summed E-state index contributed by atoms with van der Waals surface area (Å²) < 4.78 is 0. The smallest absolute Gasteiger partial charge is 0.0735 e. The molecule has 2 aromatic rings. The van der Waals surface area contributed by atoms with E-state index in [2.05, 4.69) is 55.0 Å². The van der Waals surface area contributed by atoms with Crippen LogP contribution in [0.25, 0.3) is 10.4 Å². The highest BCUT2D eigenvalue weighted by Crippen LogP contribution is 2.05. The summed E-state index contributed by atoms with van der Waals surface area (Å²) in [5.41, 5.74) is 11.5. The predicted molar refractivity (Wildman–Crippen MR) is 71.1 cm³/mol. The molecule has 0 spiro atoms. The Hall–Kier alpha value is -2.37. The van der Waals surface area contributed by atoms with Crippen molar-refractivity contribution in [2.24, 2.45) is 5.11 Å². The van der Waals surface area contributed by atoms with Gasteiger partial charge in [0.05, 0.1) is 11.9 Å². The summed E-state index contributed by atoms with van der Waals surface area (Å²) in [6.45, 7) is 2.00. The van der Waals surface area contributed by atoms with Gasteiger partial charge in [0, 0.05) is 24.5 Å². The van der Waals surface area contributed by atoms with Gasteiger partial charge in [-0.1, -0.05) is 34.6 Å². The molecule has 0 radical (unpaired) electrons. The first-order valence-corrected chi connectivity index (χ1v) is 6.03. The fourth-order valence-corrected chi connectivity index (χ4v) is 1.69. The molecule has 0 bridgehead atoms. The first-order valence-electron chi connectivity index (χ1n) is 6.03. The number of hydrogen-bond donors (Lipinski definition) is 2. The first-order chi connectivity index (χ1) is 9.38. The van der Waals surface area contributed by atoms with E-state index in [0.717, 1.165) is 18.7 Å². The van der Waals surface area contributed by atoms with Crippen molar-refractivity contribution in [3.05, 3.63) is 57.7 Å². The number of aromatic amines is 1. The molecule has 1 aromatic carbocycles. The second-order valence-electron chi connectivity index (χ2n) is 4.11. The second kappa shape index (κ2) is 7.15. The number of benzene rings is 1. The number of H-pyrrole nitrogens is 1. The van der Waals surface area contributed by atoms with Gasteiger partial charge in [-0.2, -0.15) is 0 Å². The average molecular weight is 257 g/mol. The maximum absolute atomic E-state index is 8.20. The molecule has 0 aliphatic carbocycles. The van der Waals surface area contributed by atoms with Crippen molar-refractivity contribution in [2.45, 2.75) is 19.5 Å². The third-order valence-electron chi connectivity index (χ3n) is 2.70. The van der Waals surface area contributed by atoms with Gasteiger partial charge in [-0.15, -0.1) is 5.10 Å². The topological polar surface area (TPSA) is 102 Å². The van der Waals surface area contributed by atoms with E-state index in [-0.39, 0.29) is 0 Å². The third-order valence-corrected chi connectivity index (χ3v) is 2.70. The minimum atomic E-state index is 0.501. The van der Waals surface area contributed by atoms with Gasteiger partial charge in [-0.05, 0) is 23.1 Å². The van der Waals surface area contributed by atoms with Crippen LogP contribution in [0.3, 0.4) is 0 Å². The largest absolute Gasteiger partial charge is 0.307 e. The summed E-state index contributed by atoms with van der Waals surface area (Å²) in [6.07, 6.45) is 2.48. The molecular formula is C12H15N7. The summed E-state index contributed by atoms with van der Waals surface area (Å²) >= 11 is 0. The van der Waals surface area contributed by atoms with Crippen LogP contribution in [0.1, 0.15) is 16.8 Å². The highest BCUT2D eigenvalue weighted by molar-refractivity contribution is 5.22. The second-order valence-corrected chi connectivity index (χ2v) is 4.11. The summed E-state index contributed by atoms with van der Waals surface area (Å²) in [5, 5.41) is 17.0. The quantitative estimate of drug-likeness (QED) is 0.450. The van der Waals surface area contributed by atoms with Gasteiger partial charge in [0.25, 0.3) is 0 Å². The summed E-state index contributed by atoms with van der Waals surface area (Å²) in [6, 6.07) is 8.26. The summed E-state index contributed by atoms with van der Waals surface area (Å²) in [4.78, 5) is 2.74. The van der Waals surface area contributed by atoms with Gasteiger partial charge in [0.15, 0.2) is 0 Å². The van der Waals surface area contributed by atoms with E-state index in [4.69, 9.17) is 5.53 Å². The molecule has 0 amide bonds. The minimum absolute atomic E-state index is 0.501. The van der Waals surface area contributed by atoms with Crippen LogP contribution >= 0.6 is 0 Å². The van der Waals surface area contributed by atoms with Crippen LogP contribution in [-0.2, 0) is 19.5 Å². The van der Waals surface area contributed by atoms with Crippen molar-refractivity contribution in [3.63, 3.8) is 0 Å². The summed E-state index contributed by atoms with van der Waals surface area (Å²) in [5.74, 6) is 0. The molecule has 1 heterocycles. The molecular weight excluding hydrogens is 242 g/mol. The molecule has 0 unspecified atom stereocenters. The Balaban J connectivity index is 1.76. The Bertz CT molecular complexity index is 526. The number of rotatable bonds is 7. The van der Waals surface area contributed by atoms with Gasteiger partial charge in [-0.3, -0.25) is 5.10 Å². The van der Waals surface area contributed by atoms with Crippen LogP contribution in [0.5, 0.6) is 0 Å². The highest BCUT2D eigenvalue weighted by Gasteiger charge is 1.97. The van der Waals surface area contributed by atoms with Crippen LogP contribution in [0.2, 0.25) is 0 Å².